The SMILES string of the molecule is N#Cc1c(=O)c2ccc(N3CCCC3)nc2n2c1sc1ccccc12. The van der Waals surface area contributed by atoms with Crippen LogP contribution in [-0.2, 0) is 0 Å². The summed E-state index contributed by atoms with van der Waals surface area (Å²) in [5, 5.41) is 10.0. The van der Waals surface area contributed by atoms with E-state index in [1.807, 2.05) is 40.8 Å². The molecule has 4 aromatic rings. The zero-order valence-corrected chi connectivity index (χ0v) is 14.2. The molecule has 5 nitrogen and oxygen atoms in total. The van der Waals surface area contributed by atoms with Gasteiger partial charge in [-0.05, 0) is 37.1 Å². The summed E-state index contributed by atoms with van der Waals surface area (Å²) < 4.78 is 3.01. The minimum absolute atomic E-state index is 0.199. The van der Waals surface area contributed by atoms with Gasteiger partial charge in [0.15, 0.2) is 5.65 Å². The highest BCUT2D eigenvalue weighted by Gasteiger charge is 2.19. The number of thiazole rings is 1. The average molecular weight is 346 g/mol. The number of nitrogens with zero attached hydrogens (tertiary/aromatic N) is 4. The summed E-state index contributed by atoms with van der Waals surface area (Å²) in [6.07, 6.45) is 2.34. The lowest BCUT2D eigenvalue weighted by molar-refractivity contribution is 0.940. The molecule has 122 valence electrons. The fourth-order valence-corrected chi connectivity index (χ4v) is 4.73. The maximum atomic E-state index is 12.8. The van der Waals surface area contributed by atoms with Crippen LogP contribution in [0.4, 0.5) is 5.82 Å². The molecule has 0 bridgehead atoms. The van der Waals surface area contributed by atoms with Gasteiger partial charge in [0, 0.05) is 13.1 Å². The van der Waals surface area contributed by atoms with Gasteiger partial charge in [0.2, 0.25) is 5.43 Å². The minimum Gasteiger partial charge on any atom is -0.357 e. The molecule has 6 heteroatoms. The molecule has 1 aliphatic heterocycles. The predicted octanol–water partition coefficient (Wildman–Crippen LogP) is 3.53. The normalized spacial score (nSPS) is 14.6. The van der Waals surface area contributed by atoms with Gasteiger partial charge in [-0.3, -0.25) is 9.20 Å². The Morgan fingerprint density at radius 1 is 1.12 bits per heavy atom. The summed E-state index contributed by atoms with van der Waals surface area (Å²) in [5.41, 5.74) is 1.59. The van der Waals surface area contributed by atoms with E-state index < -0.39 is 0 Å². The number of para-hydroxylation sites is 1. The van der Waals surface area contributed by atoms with E-state index in [0.717, 1.165) is 29.1 Å². The van der Waals surface area contributed by atoms with Crippen LogP contribution in [0.5, 0.6) is 0 Å². The summed E-state index contributed by atoms with van der Waals surface area (Å²) >= 11 is 1.47. The molecule has 0 aliphatic carbocycles. The Labute approximate surface area is 147 Å². The van der Waals surface area contributed by atoms with Crippen molar-refractivity contribution in [1.29, 1.82) is 5.26 Å². The summed E-state index contributed by atoms with van der Waals surface area (Å²) in [6.45, 7) is 1.99. The van der Waals surface area contributed by atoms with Crippen LogP contribution < -0.4 is 10.3 Å². The fraction of sp³-hybridized carbons (Fsp3) is 0.211. The number of pyridine rings is 2. The number of rotatable bonds is 1. The zero-order chi connectivity index (χ0) is 17.0. The van der Waals surface area contributed by atoms with E-state index in [1.54, 1.807) is 0 Å². The smallest absolute Gasteiger partial charge is 0.210 e. The van der Waals surface area contributed by atoms with Crippen LogP contribution in [0.1, 0.15) is 18.4 Å². The second-order valence-electron chi connectivity index (χ2n) is 6.26. The predicted molar refractivity (Wildman–Crippen MR) is 101 cm³/mol. The molecule has 4 heterocycles. The Balaban J connectivity index is 1.97. The van der Waals surface area contributed by atoms with E-state index in [4.69, 9.17) is 4.98 Å². The molecule has 3 aromatic heterocycles. The van der Waals surface area contributed by atoms with E-state index in [1.165, 1.54) is 24.2 Å². The Morgan fingerprint density at radius 2 is 1.92 bits per heavy atom. The molecule has 1 aliphatic rings. The van der Waals surface area contributed by atoms with Crippen LogP contribution in [0.15, 0.2) is 41.2 Å². The minimum atomic E-state index is -0.232. The first-order valence-electron chi connectivity index (χ1n) is 8.30. The van der Waals surface area contributed by atoms with Crippen molar-refractivity contribution in [3.63, 3.8) is 0 Å². The first kappa shape index (κ1) is 14.4. The van der Waals surface area contributed by atoms with Crippen molar-refractivity contribution in [3.8, 4) is 6.07 Å². The Kier molecular flexibility index (Phi) is 3.06. The highest BCUT2D eigenvalue weighted by atomic mass is 32.1. The lowest BCUT2D eigenvalue weighted by Gasteiger charge is -2.17. The summed E-state index contributed by atoms with van der Waals surface area (Å²) in [4.78, 5) is 20.6. The maximum absolute atomic E-state index is 12.8. The Bertz CT molecular complexity index is 1240. The molecular formula is C19H14N4OS. The van der Waals surface area contributed by atoms with Gasteiger partial charge in [-0.2, -0.15) is 5.26 Å². The monoisotopic (exact) mass is 346 g/mol. The molecule has 1 saturated heterocycles. The summed E-state index contributed by atoms with van der Waals surface area (Å²) in [5.74, 6) is 0.901. The topological polar surface area (TPSA) is 61.4 Å². The van der Waals surface area contributed by atoms with Crippen molar-refractivity contribution in [2.24, 2.45) is 0 Å². The number of nitriles is 1. The van der Waals surface area contributed by atoms with Crippen LogP contribution in [0.3, 0.4) is 0 Å². The quantitative estimate of drug-likeness (QED) is 0.529. The van der Waals surface area contributed by atoms with Crippen LogP contribution in [0.25, 0.3) is 26.1 Å². The molecule has 0 atom stereocenters. The van der Waals surface area contributed by atoms with Crippen LogP contribution in [-0.4, -0.2) is 22.5 Å². The van der Waals surface area contributed by atoms with Crippen molar-refractivity contribution < 1.29 is 0 Å². The summed E-state index contributed by atoms with van der Waals surface area (Å²) in [6, 6.07) is 13.8. The number of benzene rings is 1. The standard InChI is InChI=1S/C19H14N4OS/c20-11-13-17(24)12-7-8-16(22-9-3-4-10-22)21-18(12)23-14-5-1-2-6-15(14)25-19(13)23/h1-2,5-8H,3-4,9-10H2. The number of fused-ring (bicyclic) bond motifs is 5. The van der Waals surface area contributed by atoms with Gasteiger partial charge in [-0.15, -0.1) is 11.3 Å². The van der Waals surface area contributed by atoms with Gasteiger partial charge in [0.1, 0.15) is 22.3 Å². The second-order valence-corrected chi connectivity index (χ2v) is 7.29. The maximum Gasteiger partial charge on any atom is 0.210 e. The van der Waals surface area contributed by atoms with Gasteiger partial charge in [0.25, 0.3) is 0 Å². The van der Waals surface area contributed by atoms with E-state index in [9.17, 15) is 10.1 Å². The summed E-state index contributed by atoms with van der Waals surface area (Å²) in [7, 11) is 0. The second kappa shape index (κ2) is 5.30. The molecule has 0 radical (unpaired) electrons. The Morgan fingerprint density at radius 3 is 2.72 bits per heavy atom. The largest absolute Gasteiger partial charge is 0.357 e. The average Bonchev–Trinajstić information content (AvgIpc) is 3.29. The van der Waals surface area contributed by atoms with Gasteiger partial charge in [-0.1, -0.05) is 12.1 Å². The molecule has 0 N–H and O–H groups in total. The van der Waals surface area contributed by atoms with Crippen molar-refractivity contribution in [3.05, 3.63) is 52.2 Å². The molecule has 1 aromatic carbocycles. The zero-order valence-electron chi connectivity index (χ0n) is 13.4. The van der Waals surface area contributed by atoms with E-state index in [2.05, 4.69) is 11.0 Å². The lowest BCUT2D eigenvalue weighted by atomic mass is 10.2. The number of hydrogen-bond acceptors (Lipinski definition) is 5. The molecule has 25 heavy (non-hydrogen) atoms. The molecular weight excluding hydrogens is 332 g/mol. The first-order chi connectivity index (χ1) is 12.3. The molecule has 1 fully saturated rings. The first-order valence-corrected chi connectivity index (χ1v) is 9.11. The van der Waals surface area contributed by atoms with E-state index in [0.29, 0.717) is 15.9 Å². The van der Waals surface area contributed by atoms with Gasteiger partial charge < -0.3 is 4.90 Å². The van der Waals surface area contributed by atoms with Gasteiger partial charge in [-0.25, -0.2) is 4.98 Å². The van der Waals surface area contributed by atoms with Crippen LogP contribution in [0, 0.1) is 11.3 Å². The highest BCUT2D eigenvalue weighted by Crippen LogP contribution is 2.31. The molecule has 0 spiro atoms. The third kappa shape index (κ3) is 1.99. The lowest BCUT2D eigenvalue weighted by Crippen LogP contribution is -2.20. The third-order valence-electron chi connectivity index (χ3n) is 4.82. The highest BCUT2D eigenvalue weighted by molar-refractivity contribution is 7.24. The van der Waals surface area contributed by atoms with E-state index in [-0.39, 0.29) is 11.0 Å². The number of hydrogen-bond donors (Lipinski definition) is 0. The molecule has 5 rings (SSSR count). The van der Waals surface area contributed by atoms with Crippen molar-refractivity contribution in [2.45, 2.75) is 12.8 Å². The van der Waals surface area contributed by atoms with Crippen molar-refractivity contribution in [2.75, 3.05) is 18.0 Å². The third-order valence-corrected chi connectivity index (χ3v) is 5.96. The Hall–Kier alpha value is -2.91. The van der Waals surface area contributed by atoms with Crippen molar-refractivity contribution in [1.82, 2.24) is 9.38 Å². The molecule has 0 saturated carbocycles. The fourth-order valence-electron chi connectivity index (χ4n) is 3.60. The van der Waals surface area contributed by atoms with Crippen LogP contribution >= 0.6 is 11.3 Å². The van der Waals surface area contributed by atoms with Gasteiger partial charge >= 0.3 is 0 Å². The van der Waals surface area contributed by atoms with E-state index >= 15 is 0 Å². The molecule has 0 amide bonds. The number of aromatic nitrogens is 2. The van der Waals surface area contributed by atoms with Crippen molar-refractivity contribution >= 4 is 43.2 Å². The number of anilines is 1. The van der Waals surface area contributed by atoms with Gasteiger partial charge in [0.05, 0.1) is 15.6 Å². The van der Waals surface area contributed by atoms with Crippen LogP contribution in [0.2, 0.25) is 0 Å². The molecule has 0 unspecified atom stereocenters.